The summed E-state index contributed by atoms with van der Waals surface area (Å²) in [5.41, 5.74) is 1.06. The van der Waals surface area contributed by atoms with E-state index in [0.717, 1.165) is 30.5 Å². The van der Waals surface area contributed by atoms with Crippen molar-refractivity contribution in [3.8, 4) is 17.1 Å². The highest BCUT2D eigenvalue weighted by molar-refractivity contribution is 7.89. The van der Waals surface area contributed by atoms with Crippen molar-refractivity contribution < 1.29 is 17.5 Å². The van der Waals surface area contributed by atoms with E-state index in [-0.39, 0.29) is 10.6 Å². The largest absolute Gasteiger partial charge is 0.495 e. The minimum absolute atomic E-state index is 0.130. The Hall–Kier alpha value is -2.75. The van der Waals surface area contributed by atoms with Gasteiger partial charge in [0, 0.05) is 57.2 Å². The maximum atomic E-state index is 13.7. The number of ether oxygens (including phenoxy) is 1. The predicted molar refractivity (Wildman–Crippen MR) is 116 cm³/mol. The van der Waals surface area contributed by atoms with E-state index >= 15 is 0 Å². The molecule has 1 aliphatic rings. The average molecular weight is 445 g/mol. The lowest BCUT2D eigenvalue weighted by atomic mass is 10.2. The normalized spacial score (nSPS) is 15.8. The van der Waals surface area contributed by atoms with Gasteiger partial charge >= 0.3 is 0 Å². The van der Waals surface area contributed by atoms with Crippen molar-refractivity contribution in [2.45, 2.75) is 11.4 Å². The molecule has 0 radical (unpaired) electrons. The van der Waals surface area contributed by atoms with Gasteiger partial charge in [0.2, 0.25) is 10.0 Å². The maximum Gasteiger partial charge on any atom is 0.246 e. The Balaban J connectivity index is 1.38. The molecule has 1 saturated heterocycles. The summed E-state index contributed by atoms with van der Waals surface area (Å²) in [6.45, 7) is 3.44. The first-order valence-corrected chi connectivity index (χ1v) is 11.6. The summed E-state index contributed by atoms with van der Waals surface area (Å²) in [5, 5.41) is 0. The van der Waals surface area contributed by atoms with E-state index in [4.69, 9.17) is 4.74 Å². The molecule has 0 aliphatic carbocycles. The number of aromatic nitrogens is 2. The van der Waals surface area contributed by atoms with Crippen LogP contribution >= 0.6 is 0 Å². The summed E-state index contributed by atoms with van der Waals surface area (Å²) in [4.78, 5) is 6.56. The van der Waals surface area contributed by atoms with E-state index in [1.165, 1.54) is 23.5 Å². The van der Waals surface area contributed by atoms with Gasteiger partial charge in [0.15, 0.2) is 0 Å². The summed E-state index contributed by atoms with van der Waals surface area (Å²) in [7, 11) is -2.45. The van der Waals surface area contributed by atoms with Gasteiger partial charge in [-0.1, -0.05) is 30.3 Å². The molecule has 0 bridgehead atoms. The average Bonchev–Trinajstić information content (AvgIpc) is 3.27. The monoisotopic (exact) mass is 444 g/mol. The van der Waals surface area contributed by atoms with E-state index < -0.39 is 15.8 Å². The fraction of sp³-hybridized carbons (Fsp3) is 0.318. The summed E-state index contributed by atoms with van der Waals surface area (Å²) >= 11 is 0. The van der Waals surface area contributed by atoms with Gasteiger partial charge < -0.3 is 9.30 Å². The minimum atomic E-state index is -3.83. The molecular formula is C22H25FN4O3S. The Labute approximate surface area is 181 Å². The first-order chi connectivity index (χ1) is 15.0. The number of imidazole rings is 1. The third-order valence-electron chi connectivity index (χ3n) is 5.48. The van der Waals surface area contributed by atoms with Crippen LogP contribution in [0, 0.1) is 5.82 Å². The fourth-order valence-electron chi connectivity index (χ4n) is 3.77. The molecule has 0 amide bonds. The number of hydrogen-bond donors (Lipinski definition) is 0. The van der Waals surface area contributed by atoms with E-state index in [0.29, 0.717) is 26.2 Å². The van der Waals surface area contributed by atoms with Crippen LogP contribution in [0.4, 0.5) is 4.39 Å². The molecule has 164 valence electrons. The van der Waals surface area contributed by atoms with Crippen LogP contribution in [0.1, 0.15) is 0 Å². The standard InChI is InChI=1S/C22H25FN4O3S/c1-30-20-8-7-19(23)17-21(20)31(28,29)27-15-12-25(13-16-27)11-14-26-10-9-24-22(26)18-5-3-2-4-6-18/h2-10,17H,11-16H2,1H3. The molecule has 0 unspecified atom stereocenters. The Bertz CT molecular complexity index is 1130. The Morgan fingerprint density at radius 2 is 1.77 bits per heavy atom. The summed E-state index contributed by atoms with van der Waals surface area (Å²) in [5.74, 6) is 0.463. The van der Waals surface area contributed by atoms with Crippen LogP contribution in [-0.4, -0.2) is 67.0 Å². The van der Waals surface area contributed by atoms with Crippen molar-refractivity contribution in [1.82, 2.24) is 18.8 Å². The quantitative estimate of drug-likeness (QED) is 0.561. The smallest absolute Gasteiger partial charge is 0.246 e. The molecule has 7 nitrogen and oxygen atoms in total. The fourth-order valence-corrected chi connectivity index (χ4v) is 5.36. The summed E-state index contributed by atoms with van der Waals surface area (Å²) in [6.07, 6.45) is 3.75. The second-order valence-corrected chi connectivity index (χ2v) is 9.26. The molecule has 1 aromatic heterocycles. The van der Waals surface area contributed by atoms with Crippen molar-refractivity contribution in [2.24, 2.45) is 0 Å². The number of benzene rings is 2. The lowest BCUT2D eigenvalue weighted by molar-refractivity contribution is 0.183. The van der Waals surface area contributed by atoms with Gasteiger partial charge in [-0.05, 0) is 18.2 Å². The third kappa shape index (κ3) is 4.63. The van der Waals surface area contributed by atoms with Crippen LogP contribution in [0.15, 0.2) is 65.8 Å². The molecule has 9 heteroatoms. The van der Waals surface area contributed by atoms with Crippen molar-refractivity contribution in [3.05, 3.63) is 66.7 Å². The third-order valence-corrected chi connectivity index (χ3v) is 7.40. The molecule has 2 heterocycles. The minimum Gasteiger partial charge on any atom is -0.495 e. The molecule has 1 fully saturated rings. The van der Waals surface area contributed by atoms with Crippen LogP contribution in [0.5, 0.6) is 5.75 Å². The van der Waals surface area contributed by atoms with Crippen LogP contribution in [0.25, 0.3) is 11.4 Å². The number of hydrogen-bond acceptors (Lipinski definition) is 5. The lowest BCUT2D eigenvalue weighted by Crippen LogP contribution is -2.49. The zero-order chi connectivity index (χ0) is 21.8. The topological polar surface area (TPSA) is 67.7 Å². The molecule has 1 aliphatic heterocycles. The van der Waals surface area contributed by atoms with Gasteiger partial charge in [-0.25, -0.2) is 17.8 Å². The molecular weight excluding hydrogens is 419 g/mol. The summed E-state index contributed by atoms with van der Waals surface area (Å²) < 4.78 is 48.4. The van der Waals surface area contributed by atoms with Gasteiger partial charge in [-0.2, -0.15) is 4.31 Å². The van der Waals surface area contributed by atoms with E-state index in [1.54, 1.807) is 6.20 Å². The molecule has 2 aromatic carbocycles. The number of nitrogens with zero attached hydrogens (tertiary/aromatic N) is 4. The zero-order valence-corrected chi connectivity index (χ0v) is 18.1. The second kappa shape index (κ2) is 9.17. The first-order valence-electron chi connectivity index (χ1n) is 10.1. The van der Waals surface area contributed by atoms with Crippen LogP contribution < -0.4 is 4.74 Å². The Morgan fingerprint density at radius 1 is 1.03 bits per heavy atom. The van der Waals surface area contributed by atoms with Crippen LogP contribution in [-0.2, 0) is 16.6 Å². The van der Waals surface area contributed by atoms with Crippen molar-refractivity contribution in [2.75, 3.05) is 39.8 Å². The van der Waals surface area contributed by atoms with Crippen molar-refractivity contribution >= 4 is 10.0 Å². The highest BCUT2D eigenvalue weighted by atomic mass is 32.2. The van der Waals surface area contributed by atoms with Gasteiger partial charge in [0.05, 0.1) is 7.11 Å². The molecule has 0 N–H and O–H groups in total. The molecule has 0 atom stereocenters. The van der Waals surface area contributed by atoms with Crippen LogP contribution in [0.2, 0.25) is 0 Å². The maximum absolute atomic E-state index is 13.7. The van der Waals surface area contributed by atoms with Crippen LogP contribution in [0.3, 0.4) is 0 Å². The second-order valence-electron chi connectivity index (χ2n) is 7.35. The van der Waals surface area contributed by atoms with Gasteiger partial charge in [0.1, 0.15) is 22.3 Å². The number of rotatable bonds is 7. The lowest BCUT2D eigenvalue weighted by Gasteiger charge is -2.34. The van der Waals surface area contributed by atoms with E-state index in [1.807, 2.05) is 36.5 Å². The van der Waals surface area contributed by atoms with E-state index in [2.05, 4.69) is 14.5 Å². The molecule has 31 heavy (non-hydrogen) atoms. The van der Waals surface area contributed by atoms with Gasteiger partial charge in [0.25, 0.3) is 0 Å². The predicted octanol–water partition coefficient (Wildman–Crippen LogP) is 2.70. The highest BCUT2D eigenvalue weighted by Crippen LogP contribution is 2.28. The van der Waals surface area contributed by atoms with E-state index in [9.17, 15) is 12.8 Å². The molecule has 0 spiro atoms. The molecule has 0 saturated carbocycles. The number of halogens is 1. The molecule has 4 rings (SSSR count). The number of sulfonamides is 1. The first kappa shape index (κ1) is 21.5. The number of methoxy groups -OCH3 is 1. The van der Waals surface area contributed by atoms with Crippen molar-refractivity contribution in [1.29, 1.82) is 0 Å². The van der Waals surface area contributed by atoms with Gasteiger partial charge in [-0.3, -0.25) is 4.90 Å². The highest BCUT2D eigenvalue weighted by Gasteiger charge is 2.31. The Morgan fingerprint density at radius 3 is 2.48 bits per heavy atom. The zero-order valence-electron chi connectivity index (χ0n) is 17.3. The Kier molecular flexibility index (Phi) is 6.35. The SMILES string of the molecule is COc1ccc(F)cc1S(=O)(=O)N1CCN(CCn2ccnc2-c2ccccc2)CC1. The molecule has 3 aromatic rings. The van der Waals surface area contributed by atoms with Gasteiger partial charge in [-0.15, -0.1) is 0 Å². The van der Waals surface area contributed by atoms with Crippen molar-refractivity contribution in [3.63, 3.8) is 0 Å². The summed E-state index contributed by atoms with van der Waals surface area (Å²) in [6, 6.07) is 13.6. The number of piperazine rings is 1.